The number of rotatable bonds is 2. The molecule has 2 amide bonds. The largest absolute Gasteiger partial charge is 0.343 e. The van der Waals surface area contributed by atoms with E-state index in [1.807, 2.05) is 18.7 Å². The molecule has 0 saturated carbocycles. The molecule has 2 heterocycles. The molecule has 1 aliphatic heterocycles. The van der Waals surface area contributed by atoms with Crippen molar-refractivity contribution in [2.45, 2.75) is 13.8 Å². The van der Waals surface area contributed by atoms with E-state index in [9.17, 15) is 4.79 Å². The molecule has 0 radical (unpaired) electrons. The summed E-state index contributed by atoms with van der Waals surface area (Å²) in [6, 6.07) is 0.0283. The van der Waals surface area contributed by atoms with Crippen molar-refractivity contribution >= 4 is 22.7 Å². The van der Waals surface area contributed by atoms with Gasteiger partial charge in [0.25, 0.3) is 0 Å². The lowest BCUT2D eigenvalue weighted by atomic mass is 10.3. The Morgan fingerprint density at radius 3 is 2.65 bits per heavy atom. The summed E-state index contributed by atoms with van der Waals surface area (Å²) in [5, 5.41) is 3.77. The van der Waals surface area contributed by atoms with E-state index >= 15 is 0 Å². The smallest absolute Gasteiger partial charge is 0.317 e. The highest BCUT2D eigenvalue weighted by atomic mass is 32.1. The van der Waals surface area contributed by atoms with Crippen LogP contribution in [0.2, 0.25) is 0 Å². The van der Waals surface area contributed by atoms with Gasteiger partial charge in [0.05, 0.1) is 0 Å². The lowest BCUT2D eigenvalue weighted by molar-refractivity contribution is 0.195. The maximum absolute atomic E-state index is 11.6. The van der Waals surface area contributed by atoms with Gasteiger partial charge in [-0.05, 0) is 13.8 Å². The molecule has 94 valence electrons. The van der Waals surface area contributed by atoms with E-state index in [0.717, 1.165) is 37.1 Å². The number of aryl methyl sites for hydroxylation is 1. The molecule has 1 saturated heterocycles. The number of piperazine rings is 1. The Balaban J connectivity index is 1.88. The molecular formula is C10H17N5OS. The zero-order valence-corrected chi connectivity index (χ0v) is 11.0. The molecule has 1 aromatic rings. The van der Waals surface area contributed by atoms with E-state index in [1.54, 1.807) is 0 Å². The molecule has 6 nitrogen and oxygen atoms in total. The van der Waals surface area contributed by atoms with Gasteiger partial charge >= 0.3 is 6.03 Å². The molecule has 17 heavy (non-hydrogen) atoms. The van der Waals surface area contributed by atoms with E-state index < -0.39 is 0 Å². The van der Waals surface area contributed by atoms with E-state index in [2.05, 4.69) is 19.6 Å². The number of carbonyl (C=O) groups is 1. The first kappa shape index (κ1) is 12.1. The average molecular weight is 255 g/mol. The second kappa shape index (κ2) is 5.31. The minimum absolute atomic E-state index is 0.0283. The van der Waals surface area contributed by atoms with Crippen molar-refractivity contribution in [1.82, 2.24) is 19.6 Å². The van der Waals surface area contributed by atoms with Gasteiger partial charge in [-0.15, -0.1) is 0 Å². The fraction of sp³-hybridized carbons (Fsp3) is 0.700. The molecule has 1 fully saturated rings. The quantitative estimate of drug-likeness (QED) is 0.845. The monoisotopic (exact) mass is 255 g/mol. The first-order valence-corrected chi connectivity index (χ1v) is 6.56. The molecule has 1 N–H and O–H groups in total. The zero-order chi connectivity index (χ0) is 12.3. The van der Waals surface area contributed by atoms with Crippen LogP contribution in [0.3, 0.4) is 0 Å². The van der Waals surface area contributed by atoms with Gasteiger partial charge in [0.2, 0.25) is 5.13 Å². The number of hydrogen-bond acceptors (Lipinski definition) is 5. The summed E-state index contributed by atoms with van der Waals surface area (Å²) in [6.45, 7) is 7.63. The van der Waals surface area contributed by atoms with Gasteiger partial charge < -0.3 is 15.1 Å². The van der Waals surface area contributed by atoms with Gasteiger partial charge in [-0.2, -0.15) is 4.37 Å². The third-order valence-corrected chi connectivity index (χ3v) is 3.55. The Hall–Kier alpha value is -1.37. The second-order valence-corrected chi connectivity index (χ2v) is 4.66. The number of nitrogens with one attached hydrogen (secondary N) is 1. The molecule has 0 unspecified atom stereocenters. The van der Waals surface area contributed by atoms with E-state index in [0.29, 0.717) is 6.54 Å². The van der Waals surface area contributed by atoms with E-state index in [4.69, 9.17) is 0 Å². The highest BCUT2D eigenvalue weighted by molar-refractivity contribution is 7.09. The van der Waals surface area contributed by atoms with Crippen molar-refractivity contribution in [3.63, 3.8) is 0 Å². The normalized spacial score (nSPS) is 16.1. The number of aromatic nitrogens is 2. The molecule has 0 spiro atoms. The van der Waals surface area contributed by atoms with Crippen molar-refractivity contribution in [2.75, 3.05) is 37.6 Å². The van der Waals surface area contributed by atoms with Crippen LogP contribution in [-0.2, 0) is 0 Å². The standard InChI is InChI=1S/C10H17N5OS/c1-3-11-9(16)14-4-6-15(7-5-14)10-12-8(2)13-17-10/h3-7H2,1-2H3,(H,11,16). The zero-order valence-electron chi connectivity index (χ0n) is 10.1. The maximum Gasteiger partial charge on any atom is 0.317 e. The van der Waals surface area contributed by atoms with Crippen LogP contribution in [0.15, 0.2) is 0 Å². The van der Waals surface area contributed by atoms with Crippen LogP contribution in [-0.4, -0.2) is 53.0 Å². The maximum atomic E-state index is 11.6. The summed E-state index contributed by atoms with van der Waals surface area (Å²) < 4.78 is 4.17. The summed E-state index contributed by atoms with van der Waals surface area (Å²) in [5.41, 5.74) is 0. The molecule has 1 aromatic heterocycles. The van der Waals surface area contributed by atoms with Crippen LogP contribution in [0.25, 0.3) is 0 Å². The fourth-order valence-electron chi connectivity index (χ4n) is 1.78. The average Bonchev–Trinajstić information content (AvgIpc) is 2.76. The first-order valence-electron chi connectivity index (χ1n) is 5.78. The van der Waals surface area contributed by atoms with Gasteiger partial charge in [0.1, 0.15) is 5.82 Å². The second-order valence-electron chi connectivity index (χ2n) is 3.93. The molecule has 7 heteroatoms. The Kier molecular flexibility index (Phi) is 3.78. The van der Waals surface area contributed by atoms with Crippen LogP contribution in [0.1, 0.15) is 12.7 Å². The Labute approximate surface area is 105 Å². The Bertz CT molecular complexity index is 386. The summed E-state index contributed by atoms with van der Waals surface area (Å²) in [7, 11) is 0. The predicted octanol–water partition coefficient (Wildman–Crippen LogP) is 0.698. The summed E-state index contributed by atoms with van der Waals surface area (Å²) >= 11 is 1.42. The lowest BCUT2D eigenvalue weighted by Gasteiger charge is -2.34. The van der Waals surface area contributed by atoms with Crippen molar-refractivity contribution in [3.8, 4) is 0 Å². The number of amides is 2. The molecule has 0 atom stereocenters. The minimum atomic E-state index is 0.0283. The minimum Gasteiger partial charge on any atom is -0.343 e. The Morgan fingerprint density at radius 2 is 2.12 bits per heavy atom. The lowest BCUT2D eigenvalue weighted by Crippen LogP contribution is -2.51. The summed E-state index contributed by atoms with van der Waals surface area (Å²) in [6.07, 6.45) is 0. The van der Waals surface area contributed by atoms with Crippen LogP contribution < -0.4 is 10.2 Å². The third-order valence-electron chi connectivity index (χ3n) is 2.68. The first-order chi connectivity index (χ1) is 8.20. The summed E-state index contributed by atoms with van der Waals surface area (Å²) in [4.78, 5) is 20.0. The van der Waals surface area contributed by atoms with Crippen LogP contribution in [0.4, 0.5) is 9.93 Å². The molecule has 0 aromatic carbocycles. The number of anilines is 1. The molecule has 2 rings (SSSR count). The van der Waals surface area contributed by atoms with Crippen LogP contribution >= 0.6 is 11.5 Å². The van der Waals surface area contributed by atoms with Gasteiger partial charge in [0, 0.05) is 44.3 Å². The Morgan fingerprint density at radius 1 is 1.41 bits per heavy atom. The number of hydrogen-bond donors (Lipinski definition) is 1. The molecule has 1 aliphatic rings. The topological polar surface area (TPSA) is 61.4 Å². The highest BCUT2D eigenvalue weighted by Gasteiger charge is 2.22. The SMILES string of the molecule is CCNC(=O)N1CCN(c2nc(C)ns2)CC1. The van der Waals surface area contributed by atoms with Crippen molar-refractivity contribution in [1.29, 1.82) is 0 Å². The van der Waals surface area contributed by atoms with Crippen molar-refractivity contribution < 1.29 is 4.79 Å². The predicted molar refractivity (Wildman–Crippen MR) is 67.5 cm³/mol. The molecular weight excluding hydrogens is 238 g/mol. The van der Waals surface area contributed by atoms with Gasteiger partial charge in [-0.25, -0.2) is 9.78 Å². The van der Waals surface area contributed by atoms with Crippen molar-refractivity contribution in [3.05, 3.63) is 5.82 Å². The highest BCUT2D eigenvalue weighted by Crippen LogP contribution is 2.18. The van der Waals surface area contributed by atoms with E-state index in [-0.39, 0.29) is 6.03 Å². The van der Waals surface area contributed by atoms with E-state index in [1.165, 1.54) is 11.5 Å². The fourth-order valence-corrected chi connectivity index (χ4v) is 2.50. The third kappa shape index (κ3) is 2.85. The summed E-state index contributed by atoms with van der Waals surface area (Å²) in [5.74, 6) is 0.816. The number of carbonyl (C=O) groups excluding carboxylic acids is 1. The molecule has 0 bridgehead atoms. The van der Waals surface area contributed by atoms with Gasteiger partial charge in [0.15, 0.2) is 0 Å². The van der Waals surface area contributed by atoms with Gasteiger partial charge in [-0.3, -0.25) is 0 Å². The number of urea groups is 1. The molecule has 0 aliphatic carbocycles. The van der Waals surface area contributed by atoms with Crippen LogP contribution in [0, 0.1) is 6.92 Å². The van der Waals surface area contributed by atoms with Gasteiger partial charge in [-0.1, -0.05) is 0 Å². The number of nitrogens with zero attached hydrogens (tertiary/aromatic N) is 4. The van der Waals surface area contributed by atoms with Crippen LogP contribution in [0.5, 0.6) is 0 Å². The van der Waals surface area contributed by atoms with Crippen molar-refractivity contribution in [2.24, 2.45) is 0 Å².